The highest BCUT2D eigenvalue weighted by Gasteiger charge is 2.41. The molecular formula is C11H18O4. The molecule has 0 aromatic rings. The molecule has 0 unspecified atom stereocenters. The van der Waals surface area contributed by atoms with E-state index < -0.39 is 6.10 Å². The second kappa shape index (κ2) is 5.88. The molecule has 4 nitrogen and oxygen atoms in total. The average Bonchev–Trinajstić information content (AvgIpc) is 2.92. The molecule has 0 amide bonds. The summed E-state index contributed by atoms with van der Waals surface area (Å²) in [5.74, 6) is -0.304. The summed E-state index contributed by atoms with van der Waals surface area (Å²) in [6.07, 6.45) is 4.56. The van der Waals surface area contributed by atoms with Gasteiger partial charge in [-0.15, -0.1) is 0 Å². The zero-order valence-corrected chi connectivity index (χ0v) is 9.18. The van der Waals surface area contributed by atoms with Gasteiger partial charge in [-0.2, -0.15) is 0 Å². The number of rotatable bonds is 6. The number of carbonyl (C=O) groups excluding carboxylic acids is 1. The van der Waals surface area contributed by atoms with Gasteiger partial charge in [0.05, 0.1) is 18.8 Å². The van der Waals surface area contributed by atoms with Gasteiger partial charge in [0.1, 0.15) is 6.10 Å². The van der Waals surface area contributed by atoms with E-state index in [4.69, 9.17) is 14.6 Å². The predicted molar refractivity (Wildman–Crippen MR) is 55.3 cm³/mol. The van der Waals surface area contributed by atoms with E-state index in [0.717, 1.165) is 12.8 Å². The highest BCUT2D eigenvalue weighted by atomic mass is 16.6. The van der Waals surface area contributed by atoms with Crippen LogP contribution in [0.15, 0.2) is 12.2 Å². The van der Waals surface area contributed by atoms with Crippen molar-refractivity contribution in [2.45, 2.75) is 45.0 Å². The van der Waals surface area contributed by atoms with Gasteiger partial charge in [-0.25, -0.2) is 4.79 Å². The summed E-state index contributed by atoms with van der Waals surface area (Å²) >= 11 is 0. The number of allylic oxidation sites excluding steroid dienone is 1. The van der Waals surface area contributed by atoms with Crippen LogP contribution in [0.25, 0.3) is 0 Å². The molecule has 0 bridgehead atoms. The van der Waals surface area contributed by atoms with E-state index in [-0.39, 0.29) is 18.2 Å². The maximum absolute atomic E-state index is 10.9. The van der Waals surface area contributed by atoms with Crippen LogP contribution in [0.4, 0.5) is 0 Å². The van der Waals surface area contributed by atoms with Crippen molar-refractivity contribution in [3.05, 3.63) is 12.2 Å². The monoisotopic (exact) mass is 214 g/mol. The third-order valence-corrected chi connectivity index (χ3v) is 2.26. The summed E-state index contributed by atoms with van der Waals surface area (Å²) < 4.78 is 9.96. The van der Waals surface area contributed by atoms with Crippen LogP contribution in [-0.4, -0.2) is 36.0 Å². The van der Waals surface area contributed by atoms with Crippen LogP contribution in [0.1, 0.15) is 26.7 Å². The van der Waals surface area contributed by atoms with E-state index in [1.54, 1.807) is 19.9 Å². The molecule has 1 aliphatic heterocycles. The minimum absolute atomic E-state index is 0.0130. The van der Waals surface area contributed by atoms with E-state index in [0.29, 0.717) is 6.61 Å². The van der Waals surface area contributed by atoms with E-state index in [1.165, 1.54) is 6.08 Å². The Bertz CT molecular complexity index is 235. The summed E-state index contributed by atoms with van der Waals surface area (Å²) in [5, 5.41) is 9.16. The SMILES string of the molecule is CCOC(=O)/C=C/CC[C@@H]1O[C@H]1[C@H](C)O. The Labute approximate surface area is 89.9 Å². The van der Waals surface area contributed by atoms with Crippen molar-refractivity contribution in [3.63, 3.8) is 0 Å². The number of aliphatic hydroxyl groups excluding tert-OH is 1. The van der Waals surface area contributed by atoms with Gasteiger partial charge >= 0.3 is 5.97 Å². The van der Waals surface area contributed by atoms with Crippen molar-refractivity contribution in [2.75, 3.05) is 6.61 Å². The maximum Gasteiger partial charge on any atom is 0.330 e. The van der Waals surface area contributed by atoms with Gasteiger partial charge in [0.2, 0.25) is 0 Å². The Morgan fingerprint density at radius 3 is 2.93 bits per heavy atom. The van der Waals surface area contributed by atoms with Crippen molar-refractivity contribution < 1.29 is 19.4 Å². The van der Waals surface area contributed by atoms with Crippen molar-refractivity contribution in [1.29, 1.82) is 0 Å². The summed E-state index contributed by atoms with van der Waals surface area (Å²) in [5.41, 5.74) is 0. The quantitative estimate of drug-likeness (QED) is 0.407. The lowest BCUT2D eigenvalue weighted by Gasteiger charge is -1.96. The second-order valence-electron chi connectivity index (χ2n) is 3.61. The standard InChI is InChI=1S/C11H18O4/c1-3-14-10(13)7-5-4-6-9-11(15-9)8(2)12/h5,7-9,11-12H,3-4,6H2,1-2H3/b7-5+/t8-,9-,11-/m0/s1. The Kier molecular flexibility index (Phi) is 4.78. The Hall–Kier alpha value is -0.870. The molecule has 3 atom stereocenters. The first-order valence-corrected chi connectivity index (χ1v) is 5.32. The molecule has 1 aliphatic rings. The van der Waals surface area contributed by atoms with Crippen LogP contribution in [-0.2, 0) is 14.3 Å². The molecule has 0 aromatic carbocycles. The molecule has 0 aromatic heterocycles. The number of hydrogen-bond donors (Lipinski definition) is 1. The molecule has 4 heteroatoms. The number of aliphatic hydroxyl groups is 1. The second-order valence-corrected chi connectivity index (χ2v) is 3.61. The van der Waals surface area contributed by atoms with Crippen LogP contribution >= 0.6 is 0 Å². The van der Waals surface area contributed by atoms with Crippen molar-refractivity contribution in [1.82, 2.24) is 0 Å². The smallest absolute Gasteiger partial charge is 0.330 e. The summed E-state index contributed by atoms with van der Waals surface area (Å²) in [6.45, 7) is 3.90. The third kappa shape index (κ3) is 4.44. The molecular weight excluding hydrogens is 196 g/mol. The Morgan fingerprint density at radius 1 is 1.67 bits per heavy atom. The minimum Gasteiger partial charge on any atom is -0.463 e. The number of epoxide rings is 1. The minimum atomic E-state index is -0.399. The lowest BCUT2D eigenvalue weighted by molar-refractivity contribution is -0.137. The van der Waals surface area contributed by atoms with Crippen LogP contribution in [0.2, 0.25) is 0 Å². The molecule has 1 heterocycles. The molecule has 86 valence electrons. The number of esters is 1. The molecule has 1 fully saturated rings. The number of hydrogen-bond acceptors (Lipinski definition) is 4. The van der Waals surface area contributed by atoms with Crippen LogP contribution < -0.4 is 0 Å². The van der Waals surface area contributed by atoms with Crippen LogP contribution in [0.3, 0.4) is 0 Å². The summed E-state index contributed by atoms with van der Waals surface area (Å²) in [6, 6.07) is 0. The van der Waals surface area contributed by atoms with Gasteiger partial charge in [-0.05, 0) is 26.7 Å². The molecule has 1 rings (SSSR count). The summed E-state index contributed by atoms with van der Waals surface area (Å²) in [7, 11) is 0. The van der Waals surface area contributed by atoms with Gasteiger partial charge in [-0.3, -0.25) is 0 Å². The molecule has 1 N–H and O–H groups in total. The lowest BCUT2D eigenvalue weighted by Crippen LogP contribution is -2.11. The zero-order chi connectivity index (χ0) is 11.3. The number of carbonyl (C=O) groups is 1. The van der Waals surface area contributed by atoms with E-state index in [1.807, 2.05) is 0 Å². The predicted octanol–water partition coefficient (Wildman–Crippen LogP) is 1.03. The van der Waals surface area contributed by atoms with E-state index in [2.05, 4.69) is 0 Å². The summed E-state index contributed by atoms with van der Waals surface area (Å²) in [4.78, 5) is 10.9. The highest BCUT2D eigenvalue weighted by molar-refractivity contribution is 5.81. The number of ether oxygens (including phenoxy) is 2. The van der Waals surface area contributed by atoms with Gasteiger partial charge in [0.15, 0.2) is 0 Å². The fourth-order valence-electron chi connectivity index (χ4n) is 1.44. The Morgan fingerprint density at radius 2 is 2.40 bits per heavy atom. The first-order chi connectivity index (χ1) is 7.15. The van der Waals surface area contributed by atoms with E-state index >= 15 is 0 Å². The molecule has 15 heavy (non-hydrogen) atoms. The van der Waals surface area contributed by atoms with Gasteiger partial charge in [0.25, 0.3) is 0 Å². The van der Waals surface area contributed by atoms with E-state index in [9.17, 15) is 4.79 Å². The Balaban J connectivity index is 2.05. The van der Waals surface area contributed by atoms with Gasteiger partial charge in [0, 0.05) is 6.08 Å². The average molecular weight is 214 g/mol. The largest absolute Gasteiger partial charge is 0.463 e. The fourth-order valence-corrected chi connectivity index (χ4v) is 1.44. The van der Waals surface area contributed by atoms with Crippen LogP contribution in [0, 0.1) is 0 Å². The molecule has 0 radical (unpaired) electrons. The van der Waals surface area contributed by atoms with Gasteiger partial charge < -0.3 is 14.6 Å². The lowest BCUT2D eigenvalue weighted by atomic mass is 10.1. The van der Waals surface area contributed by atoms with Crippen molar-refractivity contribution in [2.24, 2.45) is 0 Å². The molecule has 0 spiro atoms. The van der Waals surface area contributed by atoms with Crippen molar-refractivity contribution >= 4 is 5.97 Å². The normalized spacial score (nSPS) is 26.6. The topological polar surface area (TPSA) is 59.1 Å². The first kappa shape index (κ1) is 12.2. The first-order valence-electron chi connectivity index (χ1n) is 5.32. The molecule has 0 aliphatic carbocycles. The fraction of sp³-hybridized carbons (Fsp3) is 0.727. The molecule has 1 saturated heterocycles. The third-order valence-electron chi connectivity index (χ3n) is 2.26. The zero-order valence-electron chi connectivity index (χ0n) is 9.18. The van der Waals surface area contributed by atoms with Gasteiger partial charge in [-0.1, -0.05) is 6.08 Å². The van der Waals surface area contributed by atoms with Crippen molar-refractivity contribution in [3.8, 4) is 0 Å². The van der Waals surface area contributed by atoms with Crippen LogP contribution in [0.5, 0.6) is 0 Å². The highest BCUT2D eigenvalue weighted by Crippen LogP contribution is 2.29. The maximum atomic E-state index is 10.9. The molecule has 0 saturated carbocycles.